The summed E-state index contributed by atoms with van der Waals surface area (Å²) >= 11 is 1.27. The van der Waals surface area contributed by atoms with Crippen molar-refractivity contribution in [1.29, 1.82) is 0 Å². The number of amides is 2. The predicted octanol–water partition coefficient (Wildman–Crippen LogP) is 4.10. The normalized spacial score (nSPS) is 10.3. The molecule has 1 heterocycles. The molecule has 2 aromatic carbocycles. The van der Waals surface area contributed by atoms with Crippen LogP contribution in [0.15, 0.2) is 54.0 Å². The zero-order chi connectivity index (χ0) is 17.8. The van der Waals surface area contributed by atoms with E-state index in [2.05, 4.69) is 15.6 Å². The number of rotatable bonds is 4. The lowest BCUT2D eigenvalue weighted by atomic mass is 10.1. The van der Waals surface area contributed by atoms with Gasteiger partial charge in [0.05, 0.1) is 5.69 Å². The highest BCUT2D eigenvalue weighted by Gasteiger charge is 2.13. The smallest absolute Gasteiger partial charge is 0.257 e. The minimum atomic E-state index is -0.687. The Hall–Kier alpha value is -3.06. The topological polar surface area (TPSA) is 71.1 Å². The molecule has 5 nitrogen and oxygen atoms in total. The number of anilines is 2. The fourth-order valence-corrected chi connectivity index (χ4v) is 2.72. The lowest BCUT2D eigenvalue weighted by molar-refractivity contribution is 0.102. The number of carbonyl (C=O) groups excluding carboxylic acids is 2. The van der Waals surface area contributed by atoms with Crippen LogP contribution in [0.25, 0.3) is 0 Å². The second-order valence-corrected chi connectivity index (χ2v) is 6.20. The Balaban J connectivity index is 1.73. The van der Waals surface area contributed by atoms with Crippen LogP contribution in [0.5, 0.6) is 0 Å². The van der Waals surface area contributed by atoms with E-state index in [-0.39, 0.29) is 11.3 Å². The van der Waals surface area contributed by atoms with E-state index < -0.39 is 17.6 Å². The van der Waals surface area contributed by atoms with E-state index in [4.69, 9.17) is 0 Å². The summed E-state index contributed by atoms with van der Waals surface area (Å²) in [5.74, 6) is -1.57. The zero-order valence-electron chi connectivity index (χ0n) is 13.2. The molecular weight excluding hydrogens is 341 g/mol. The number of nitrogens with one attached hydrogen (secondary N) is 2. The van der Waals surface area contributed by atoms with E-state index in [0.717, 1.165) is 11.6 Å². The van der Waals surface area contributed by atoms with E-state index in [1.807, 2.05) is 13.0 Å². The third-order valence-electron chi connectivity index (χ3n) is 3.41. The SMILES string of the molecule is Cc1cccc(C(=O)Nc2ccc(C(=O)Nc3nccs3)cc2F)c1. The average molecular weight is 355 g/mol. The first-order chi connectivity index (χ1) is 12.0. The molecule has 25 heavy (non-hydrogen) atoms. The van der Waals surface area contributed by atoms with Crippen LogP contribution in [0.2, 0.25) is 0 Å². The maximum atomic E-state index is 14.2. The number of carbonyl (C=O) groups is 2. The van der Waals surface area contributed by atoms with Crippen molar-refractivity contribution in [3.8, 4) is 0 Å². The van der Waals surface area contributed by atoms with Crippen LogP contribution in [0, 0.1) is 12.7 Å². The molecule has 3 aromatic rings. The van der Waals surface area contributed by atoms with Crippen LogP contribution in [-0.4, -0.2) is 16.8 Å². The fraction of sp³-hybridized carbons (Fsp3) is 0.0556. The van der Waals surface area contributed by atoms with Gasteiger partial charge in [0.2, 0.25) is 0 Å². The van der Waals surface area contributed by atoms with E-state index in [9.17, 15) is 14.0 Å². The summed E-state index contributed by atoms with van der Waals surface area (Å²) in [4.78, 5) is 28.2. The van der Waals surface area contributed by atoms with Gasteiger partial charge in [0.1, 0.15) is 5.82 Å². The second kappa shape index (κ2) is 7.23. The number of aryl methyl sites for hydroxylation is 1. The molecule has 0 atom stereocenters. The molecule has 2 amide bonds. The molecule has 3 rings (SSSR count). The third-order valence-corrected chi connectivity index (χ3v) is 4.10. The highest BCUT2D eigenvalue weighted by Crippen LogP contribution is 2.19. The van der Waals surface area contributed by atoms with Crippen molar-refractivity contribution in [3.63, 3.8) is 0 Å². The predicted molar refractivity (Wildman–Crippen MR) is 95.6 cm³/mol. The van der Waals surface area contributed by atoms with Gasteiger partial charge in [-0.05, 0) is 37.3 Å². The van der Waals surface area contributed by atoms with Crippen LogP contribution >= 0.6 is 11.3 Å². The molecule has 0 fully saturated rings. The molecule has 1 aromatic heterocycles. The van der Waals surface area contributed by atoms with Gasteiger partial charge in [-0.15, -0.1) is 11.3 Å². The van der Waals surface area contributed by atoms with Crippen LogP contribution in [0.4, 0.5) is 15.2 Å². The Bertz CT molecular complexity index is 926. The van der Waals surface area contributed by atoms with Gasteiger partial charge in [-0.1, -0.05) is 17.7 Å². The Morgan fingerprint density at radius 3 is 2.48 bits per heavy atom. The largest absolute Gasteiger partial charge is 0.319 e. The second-order valence-electron chi connectivity index (χ2n) is 5.31. The molecule has 0 aliphatic heterocycles. The first-order valence-electron chi connectivity index (χ1n) is 7.41. The summed E-state index contributed by atoms with van der Waals surface area (Å²) in [6, 6.07) is 10.9. The number of halogens is 1. The maximum absolute atomic E-state index is 14.2. The molecule has 126 valence electrons. The number of nitrogens with zero attached hydrogens (tertiary/aromatic N) is 1. The van der Waals surface area contributed by atoms with Crippen LogP contribution < -0.4 is 10.6 Å². The van der Waals surface area contributed by atoms with E-state index in [1.165, 1.54) is 23.5 Å². The van der Waals surface area contributed by atoms with E-state index in [1.54, 1.807) is 29.8 Å². The van der Waals surface area contributed by atoms with Crippen LogP contribution in [0.3, 0.4) is 0 Å². The number of thiazole rings is 1. The first-order valence-corrected chi connectivity index (χ1v) is 8.29. The molecule has 0 unspecified atom stereocenters. The Morgan fingerprint density at radius 1 is 1.04 bits per heavy atom. The molecule has 0 aliphatic carbocycles. The van der Waals surface area contributed by atoms with Gasteiger partial charge in [0.15, 0.2) is 5.13 Å². The molecule has 0 bridgehead atoms. The zero-order valence-corrected chi connectivity index (χ0v) is 14.1. The van der Waals surface area contributed by atoms with Crippen LogP contribution in [0.1, 0.15) is 26.3 Å². The summed E-state index contributed by atoms with van der Waals surface area (Å²) in [7, 11) is 0. The van der Waals surface area contributed by atoms with Gasteiger partial charge in [0, 0.05) is 22.7 Å². The van der Waals surface area contributed by atoms with Gasteiger partial charge in [0.25, 0.3) is 11.8 Å². The van der Waals surface area contributed by atoms with Crippen molar-refractivity contribution in [3.05, 3.63) is 76.5 Å². The van der Waals surface area contributed by atoms with Crippen molar-refractivity contribution in [2.24, 2.45) is 0 Å². The lowest BCUT2D eigenvalue weighted by Crippen LogP contribution is -2.15. The van der Waals surface area contributed by atoms with Crippen LogP contribution in [-0.2, 0) is 0 Å². The highest BCUT2D eigenvalue weighted by atomic mass is 32.1. The number of hydrogen-bond donors (Lipinski definition) is 2. The summed E-state index contributed by atoms with van der Waals surface area (Å²) in [6.07, 6.45) is 1.56. The average Bonchev–Trinajstić information content (AvgIpc) is 3.09. The molecule has 0 saturated heterocycles. The molecule has 0 saturated carbocycles. The molecule has 0 spiro atoms. The third kappa shape index (κ3) is 4.07. The Kier molecular flexibility index (Phi) is 4.85. The molecule has 7 heteroatoms. The molecular formula is C18H14FN3O2S. The fourth-order valence-electron chi connectivity index (χ4n) is 2.19. The van der Waals surface area contributed by atoms with Crippen molar-refractivity contribution in [2.75, 3.05) is 10.6 Å². The summed E-state index contributed by atoms with van der Waals surface area (Å²) in [5, 5.41) is 7.24. The Labute approximate surface area is 147 Å². The van der Waals surface area contributed by atoms with Gasteiger partial charge in [-0.3, -0.25) is 14.9 Å². The minimum Gasteiger partial charge on any atom is -0.319 e. The summed E-state index contributed by atoms with van der Waals surface area (Å²) < 4.78 is 14.2. The minimum absolute atomic E-state index is 0.0114. The number of benzene rings is 2. The molecule has 0 aliphatic rings. The number of hydrogen-bond acceptors (Lipinski definition) is 4. The standard InChI is InChI=1S/C18H14FN3O2S/c1-11-3-2-4-12(9-11)16(23)21-15-6-5-13(10-14(15)19)17(24)22-18-20-7-8-25-18/h2-10H,1H3,(H,21,23)(H,20,22,24). The van der Waals surface area contributed by atoms with E-state index >= 15 is 0 Å². The quantitative estimate of drug-likeness (QED) is 0.740. The summed E-state index contributed by atoms with van der Waals surface area (Å²) in [6.45, 7) is 1.87. The van der Waals surface area contributed by atoms with Gasteiger partial charge >= 0.3 is 0 Å². The van der Waals surface area contributed by atoms with Gasteiger partial charge < -0.3 is 5.32 Å². The maximum Gasteiger partial charge on any atom is 0.257 e. The van der Waals surface area contributed by atoms with Crippen molar-refractivity contribution in [2.45, 2.75) is 6.92 Å². The molecule has 2 N–H and O–H groups in total. The van der Waals surface area contributed by atoms with Crippen molar-refractivity contribution < 1.29 is 14.0 Å². The highest BCUT2D eigenvalue weighted by molar-refractivity contribution is 7.13. The van der Waals surface area contributed by atoms with Gasteiger partial charge in [-0.25, -0.2) is 9.37 Å². The van der Waals surface area contributed by atoms with Crippen molar-refractivity contribution >= 4 is 34.0 Å². The number of aromatic nitrogens is 1. The van der Waals surface area contributed by atoms with Crippen molar-refractivity contribution in [1.82, 2.24) is 4.98 Å². The lowest BCUT2D eigenvalue weighted by Gasteiger charge is -2.08. The monoisotopic (exact) mass is 355 g/mol. The van der Waals surface area contributed by atoms with Gasteiger partial charge in [-0.2, -0.15) is 0 Å². The molecule has 0 radical (unpaired) electrons. The Morgan fingerprint density at radius 2 is 1.80 bits per heavy atom. The first kappa shape index (κ1) is 16.8. The summed E-state index contributed by atoms with van der Waals surface area (Å²) in [5.41, 5.74) is 1.52. The van der Waals surface area contributed by atoms with E-state index in [0.29, 0.717) is 10.7 Å².